The first-order valence-electron chi connectivity index (χ1n) is 11.6. The third-order valence-electron chi connectivity index (χ3n) is 5.57. The van der Waals surface area contributed by atoms with E-state index in [1.807, 2.05) is 12.1 Å². The van der Waals surface area contributed by atoms with Crippen molar-refractivity contribution in [3.8, 4) is 23.0 Å². The van der Waals surface area contributed by atoms with Crippen LogP contribution in [0.1, 0.15) is 0 Å². The lowest BCUT2D eigenvalue weighted by Crippen LogP contribution is -2.19. The molecule has 0 aliphatic carbocycles. The Morgan fingerprint density at radius 2 is 1.16 bits per heavy atom. The van der Waals surface area contributed by atoms with E-state index in [0.717, 1.165) is 0 Å². The number of benzene rings is 5. The second-order valence-corrected chi connectivity index (χ2v) is 9.01. The molecule has 0 heterocycles. The van der Waals surface area contributed by atoms with Gasteiger partial charge in [-0.3, -0.25) is 0 Å². The molecule has 0 N–H and O–H groups in total. The number of para-hydroxylation sites is 2. The predicted molar refractivity (Wildman–Crippen MR) is 147 cm³/mol. The molecule has 0 atom stereocenters. The summed E-state index contributed by atoms with van der Waals surface area (Å²) in [5, 5.41) is 3.08. The summed E-state index contributed by atoms with van der Waals surface area (Å²) in [6.07, 6.45) is 0. The summed E-state index contributed by atoms with van der Waals surface area (Å²) in [7, 11) is 0. The third-order valence-corrected chi connectivity index (χ3v) is 6.12. The number of hydrogen-bond donors (Lipinski definition) is 0. The van der Waals surface area contributed by atoms with Gasteiger partial charge < -0.3 is 18.9 Å². The Morgan fingerprint density at radius 1 is 0.579 bits per heavy atom. The van der Waals surface area contributed by atoms with Crippen LogP contribution in [0.3, 0.4) is 0 Å². The number of rotatable bonds is 8. The van der Waals surface area contributed by atoms with E-state index in [2.05, 4.69) is 0 Å². The normalized spacial score (nSPS) is 10.8. The minimum Gasteiger partial charge on any atom is -0.481 e. The van der Waals surface area contributed by atoms with Crippen LogP contribution in [0.4, 0.5) is 0 Å². The summed E-state index contributed by atoms with van der Waals surface area (Å²) in [6, 6.07) is 27.8. The van der Waals surface area contributed by atoms with Gasteiger partial charge in [0.05, 0.1) is 5.02 Å². The van der Waals surface area contributed by atoms with E-state index in [4.69, 9.17) is 42.1 Å². The first-order valence-corrected chi connectivity index (χ1v) is 12.4. The lowest BCUT2D eigenvalue weighted by molar-refractivity contribution is -0.137. The van der Waals surface area contributed by atoms with E-state index in [9.17, 15) is 9.59 Å². The molecule has 0 bridgehead atoms. The van der Waals surface area contributed by atoms with Crippen LogP contribution in [0.2, 0.25) is 10.0 Å². The van der Waals surface area contributed by atoms with Crippen molar-refractivity contribution in [2.24, 2.45) is 0 Å². The number of halogens is 2. The molecule has 0 spiro atoms. The third kappa shape index (κ3) is 5.67. The van der Waals surface area contributed by atoms with Crippen molar-refractivity contribution in [2.75, 3.05) is 13.2 Å². The molecule has 5 rings (SSSR count). The second kappa shape index (κ2) is 11.4. The quantitative estimate of drug-likeness (QED) is 0.116. The van der Waals surface area contributed by atoms with Crippen molar-refractivity contribution in [1.82, 2.24) is 0 Å². The van der Waals surface area contributed by atoms with Crippen molar-refractivity contribution in [3.63, 3.8) is 0 Å². The summed E-state index contributed by atoms with van der Waals surface area (Å²) in [4.78, 5) is 25.0. The Labute approximate surface area is 228 Å². The van der Waals surface area contributed by atoms with E-state index in [-0.39, 0.29) is 13.2 Å². The van der Waals surface area contributed by atoms with Gasteiger partial charge in [0.25, 0.3) is 0 Å². The predicted octanol–water partition coefficient (Wildman–Crippen LogP) is 7.27. The molecular weight excluding hydrogens is 527 g/mol. The molecule has 0 amide bonds. The van der Waals surface area contributed by atoms with E-state index in [0.29, 0.717) is 54.6 Å². The van der Waals surface area contributed by atoms with Crippen molar-refractivity contribution in [2.45, 2.75) is 0 Å². The smallest absolute Gasteiger partial charge is 0.349 e. The van der Waals surface area contributed by atoms with E-state index >= 15 is 0 Å². The summed E-state index contributed by atoms with van der Waals surface area (Å²) in [6.45, 7) is -0.724. The SMILES string of the molecule is O=C(COc1c2cc(Cl)ccc2c(OCC(=O)Oc2ccccc2)c2c(Cl)cccc12)Oc1ccccc1. The first-order chi connectivity index (χ1) is 18.5. The standard InChI is InChI=1S/C30H20Cl2O6/c31-19-14-15-22-24(16-19)29(35-17-26(33)37-20-8-3-1-4-9-20)23-12-7-13-25(32)28(23)30(22)36-18-27(34)38-21-10-5-2-6-11-21/h1-16H,17-18H2. The van der Waals surface area contributed by atoms with Crippen LogP contribution >= 0.6 is 23.2 Å². The van der Waals surface area contributed by atoms with Crippen LogP contribution in [-0.4, -0.2) is 25.2 Å². The maximum absolute atomic E-state index is 12.5. The zero-order valence-corrected chi connectivity index (χ0v) is 21.4. The topological polar surface area (TPSA) is 71.1 Å². The molecule has 0 aliphatic rings. The van der Waals surface area contributed by atoms with Crippen LogP contribution in [0.25, 0.3) is 21.5 Å². The molecule has 0 aliphatic heterocycles. The van der Waals surface area contributed by atoms with Crippen LogP contribution in [-0.2, 0) is 9.59 Å². The fourth-order valence-electron chi connectivity index (χ4n) is 3.99. The first kappa shape index (κ1) is 25.4. The molecule has 0 radical (unpaired) electrons. The lowest BCUT2D eigenvalue weighted by Gasteiger charge is -2.18. The van der Waals surface area contributed by atoms with Gasteiger partial charge in [0.2, 0.25) is 0 Å². The fraction of sp³-hybridized carbons (Fsp3) is 0.0667. The molecule has 0 unspecified atom stereocenters. The van der Waals surface area contributed by atoms with Gasteiger partial charge in [-0.2, -0.15) is 0 Å². The van der Waals surface area contributed by atoms with Crippen molar-refractivity contribution in [3.05, 3.63) is 107 Å². The van der Waals surface area contributed by atoms with E-state index in [1.54, 1.807) is 84.9 Å². The van der Waals surface area contributed by atoms with Gasteiger partial charge >= 0.3 is 11.9 Å². The van der Waals surface area contributed by atoms with Gasteiger partial charge in [0.15, 0.2) is 13.2 Å². The van der Waals surface area contributed by atoms with Crippen molar-refractivity contribution < 1.29 is 28.5 Å². The number of fused-ring (bicyclic) bond motifs is 2. The molecule has 5 aromatic rings. The largest absolute Gasteiger partial charge is 0.481 e. The van der Waals surface area contributed by atoms with Crippen LogP contribution < -0.4 is 18.9 Å². The maximum atomic E-state index is 12.5. The highest BCUT2D eigenvalue weighted by atomic mass is 35.5. The Balaban J connectivity index is 1.49. The number of carbonyl (C=O) groups excluding carboxylic acids is 2. The van der Waals surface area contributed by atoms with Gasteiger partial charge in [-0.15, -0.1) is 0 Å². The zero-order valence-electron chi connectivity index (χ0n) is 19.9. The molecule has 0 aromatic heterocycles. The van der Waals surface area contributed by atoms with Gasteiger partial charge in [-0.05, 0) is 48.5 Å². The Bertz CT molecular complexity index is 1620. The van der Waals surface area contributed by atoms with Crippen molar-refractivity contribution in [1.29, 1.82) is 0 Å². The van der Waals surface area contributed by atoms with Crippen LogP contribution in [0, 0.1) is 0 Å². The van der Waals surface area contributed by atoms with E-state index < -0.39 is 11.9 Å². The zero-order chi connectivity index (χ0) is 26.5. The molecule has 0 saturated heterocycles. The minimum atomic E-state index is -0.581. The highest BCUT2D eigenvalue weighted by molar-refractivity contribution is 6.37. The number of ether oxygens (including phenoxy) is 4. The summed E-state index contributed by atoms with van der Waals surface area (Å²) in [5.74, 6) is 0.401. The lowest BCUT2D eigenvalue weighted by atomic mass is 10.0. The monoisotopic (exact) mass is 546 g/mol. The van der Waals surface area contributed by atoms with Gasteiger partial charge in [-0.25, -0.2) is 9.59 Å². The number of carbonyl (C=O) groups is 2. The fourth-order valence-corrected chi connectivity index (χ4v) is 4.43. The van der Waals surface area contributed by atoms with Crippen LogP contribution in [0.15, 0.2) is 97.1 Å². The Morgan fingerprint density at radius 3 is 1.76 bits per heavy atom. The maximum Gasteiger partial charge on any atom is 0.349 e. The van der Waals surface area contributed by atoms with Gasteiger partial charge in [0.1, 0.15) is 23.0 Å². The van der Waals surface area contributed by atoms with Crippen LogP contribution in [0.5, 0.6) is 23.0 Å². The number of esters is 2. The molecule has 38 heavy (non-hydrogen) atoms. The molecular formula is C30H20Cl2O6. The Hall–Kier alpha value is -4.26. The average Bonchev–Trinajstić information content (AvgIpc) is 2.92. The molecule has 6 nitrogen and oxygen atoms in total. The van der Waals surface area contributed by atoms with Gasteiger partial charge in [-0.1, -0.05) is 71.7 Å². The minimum absolute atomic E-state index is 0.359. The summed E-state index contributed by atoms with van der Waals surface area (Å²) >= 11 is 12.9. The highest BCUT2D eigenvalue weighted by Crippen LogP contribution is 2.46. The average molecular weight is 547 g/mol. The van der Waals surface area contributed by atoms with Gasteiger partial charge in [0, 0.05) is 26.6 Å². The number of hydrogen-bond acceptors (Lipinski definition) is 6. The highest BCUT2D eigenvalue weighted by Gasteiger charge is 2.21. The van der Waals surface area contributed by atoms with E-state index in [1.165, 1.54) is 0 Å². The molecule has 190 valence electrons. The summed E-state index contributed by atoms with van der Waals surface area (Å²) in [5.41, 5.74) is 0. The molecule has 0 fully saturated rings. The Kier molecular flexibility index (Phi) is 7.63. The second-order valence-electron chi connectivity index (χ2n) is 8.16. The van der Waals surface area contributed by atoms with Crippen molar-refractivity contribution >= 4 is 56.7 Å². The molecule has 8 heteroatoms. The molecule has 0 saturated carbocycles. The molecule has 5 aromatic carbocycles. The summed E-state index contributed by atoms with van der Waals surface area (Å²) < 4.78 is 22.7.